The zero-order valence-corrected chi connectivity index (χ0v) is 12.0. The van der Waals surface area contributed by atoms with Crippen molar-refractivity contribution in [3.63, 3.8) is 0 Å². The van der Waals surface area contributed by atoms with Crippen molar-refractivity contribution in [3.05, 3.63) is 0 Å². The summed E-state index contributed by atoms with van der Waals surface area (Å²) in [5.41, 5.74) is -0.367. The lowest BCUT2D eigenvalue weighted by atomic mass is 9.97. The van der Waals surface area contributed by atoms with E-state index in [9.17, 15) is 5.26 Å². The van der Waals surface area contributed by atoms with E-state index in [0.29, 0.717) is 6.10 Å². The maximum Gasteiger partial charge on any atom is 0.103 e. The van der Waals surface area contributed by atoms with Crippen LogP contribution in [0.1, 0.15) is 40.0 Å². The fraction of sp³-hybridized carbons (Fsp3) is 0.929. The maximum atomic E-state index is 9.24. The molecule has 0 radical (unpaired) electrons. The first-order valence-electron chi connectivity index (χ1n) is 7.10. The monoisotopic (exact) mass is 253 g/mol. The lowest BCUT2D eigenvalue weighted by Gasteiger charge is -2.32. The first kappa shape index (κ1) is 15.4. The highest BCUT2D eigenvalue weighted by molar-refractivity contribution is 5.03. The Morgan fingerprint density at radius 3 is 2.94 bits per heavy atom. The van der Waals surface area contributed by atoms with Crippen LogP contribution < -0.4 is 5.32 Å². The van der Waals surface area contributed by atoms with Crippen LogP contribution in [0.4, 0.5) is 0 Å². The molecule has 2 unspecified atom stereocenters. The summed E-state index contributed by atoms with van der Waals surface area (Å²) in [6.45, 7) is 11.1. The van der Waals surface area contributed by atoms with E-state index in [1.807, 2.05) is 6.92 Å². The van der Waals surface area contributed by atoms with Gasteiger partial charge in [0.1, 0.15) is 5.54 Å². The Kier molecular flexibility index (Phi) is 6.62. The van der Waals surface area contributed by atoms with Gasteiger partial charge in [-0.05, 0) is 46.2 Å². The van der Waals surface area contributed by atoms with Gasteiger partial charge in [0, 0.05) is 13.1 Å². The molecule has 0 saturated carbocycles. The lowest BCUT2D eigenvalue weighted by molar-refractivity contribution is -0.0188. The Hall–Kier alpha value is -0.630. The number of nitrogens with zero attached hydrogens (tertiary/aromatic N) is 2. The molecule has 1 fully saturated rings. The zero-order valence-electron chi connectivity index (χ0n) is 12.0. The van der Waals surface area contributed by atoms with Crippen LogP contribution in [0, 0.1) is 11.3 Å². The molecule has 1 aliphatic heterocycles. The van der Waals surface area contributed by atoms with Gasteiger partial charge >= 0.3 is 0 Å². The maximum absolute atomic E-state index is 9.24. The number of nitriles is 1. The Morgan fingerprint density at radius 2 is 2.33 bits per heavy atom. The van der Waals surface area contributed by atoms with Crippen molar-refractivity contribution in [2.45, 2.75) is 51.7 Å². The van der Waals surface area contributed by atoms with Crippen molar-refractivity contribution >= 4 is 0 Å². The highest BCUT2D eigenvalue weighted by Crippen LogP contribution is 2.13. The Bertz CT molecular complexity index is 277. The number of hydrogen-bond acceptors (Lipinski definition) is 4. The summed E-state index contributed by atoms with van der Waals surface area (Å²) in [4.78, 5) is 2.44. The molecule has 0 bridgehead atoms. The Balaban J connectivity index is 2.24. The average molecular weight is 253 g/mol. The number of hydrogen-bond donors (Lipinski definition) is 1. The summed E-state index contributed by atoms with van der Waals surface area (Å²) < 4.78 is 5.52. The Morgan fingerprint density at radius 1 is 1.56 bits per heavy atom. The third kappa shape index (κ3) is 5.34. The molecule has 1 N–H and O–H groups in total. The molecule has 0 aliphatic carbocycles. The molecular formula is C14H27N3O. The summed E-state index contributed by atoms with van der Waals surface area (Å²) >= 11 is 0. The van der Waals surface area contributed by atoms with E-state index >= 15 is 0 Å². The number of ether oxygens (including phenoxy) is 1. The molecule has 104 valence electrons. The molecule has 0 amide bonds. The van der Waals surface area contributed by atoms with Crippen LogP contribution in [0.3, 0.4) is 0 Å². The third-order valence-corrected chi connectivity index (χ3v) is 3.49. The Labute approximate surface area is 111 Å². The summed E-state index contributed by atoms with van der Waals surface area (Å²) in [7, 11) is 0. The van der Waals surface area contributed by atoms with E-state index < -0.39 is 0 Å². The minimum absolute atomic E-state index is 0.347. The van der Waals surface area contributed by atoms with E-state index in [-0.39, 0.29) is 5.54 Å². The predicted molar refractivity (Wildman–Crippen MR) is 73.4 cm³/mol. The van der Waals surface area contributed by atoms with Crippen molar-refractivity contribution in [2.75, 3.05) is 32.8 Å². The highest BCUT2D eigenvalue weighted by atomic mass is 16.5. The molecule has 1 aliphatic rings. The minimum atomic E-state index is -0.367. The third-order valence-electron chi connectivity index (χ3n) is 3.49. The van der Waals surface area contributed by atoms with E-state index in [0.717, 1.165) is 52.0 Å². The molecule has 2 atom stereocenters. The molecule has 0 aromatic rings. The fourth-order valence-electron chi connectivity index (χ4n) is 2.33. The highest BCUT2D eigenvalue weighted by Gasteiger charge is 2.23. The van der Waals surface area contributed by atoms with E-state index in [1.54, 1.807) is 0 Å². The van der Waals surface area contributed by atoms with Gasteiger partial charge in [-0.2, -0.15) is 5.26 Å². The predicted octanol–water partition coefficient (Wildman–Crippen LogP) is 1.77. The van der Waals surface area contributed by atoms with Crippen LogP contribution >= 0.6 is 0 Å². The van der Waals surface area contributed by atoms with Crippen LogP contribution in [0.15, 0.2) is 0 Å². The lowest BCUT2D eigenvalue weighted by Crippen LogP contribution is -2.44. The molecule has 1 saturated heterocycles. The van der Waals surface area contributed by atoms with Crippen LogP contribution in [0.25, 0.3) is 0 Å². The second-order valence-electron chi connectivity index (χ2n) is 5.46. The molecule has 0 aromatic carbocycles. The average Bonchev–Trinajstić information content (AvgIpc) is 2.36. The van der Waals surface area contributed by atoms with Gasteiger partial charge < -0.3 is 4.74 Å². The number of rotatable bonds is 7. The minimum Gasteiger partial charge on any atom is -0.376 e. The number of nitrogens with one attached hydrogen (secondary N) is 1. The van der Waals surface area contributed by atoms with Gasteiger partial charge in [0.2, 0.25) is 0 Å². The van der Waals surface area contributed by atoms with E-state index in [2.05, 4.69) is 30.1 Å². The molecule has 1 rings (SSSR count). The van der Waals surface area contributed by atoms with Crippen LogP contribution in [-0.2, 0) is 4.74 Å². The topological polar surface area (TPSA) is 48.3 Å². The summed E-state index contributed by atoms with van der Waals surface area (Å²) in [6, 6.07) is 2.41. The second kappa shape index (κ2) is 7.73. The van der Waals surface area contributed by atoms with E-state index in [1.165, 1.54) is 0 Å². The normalized spacial score (nSPS) is 24.4. The van der Waals surface area contributed by atoms with Crippen LogP contribution in [0.5, 0.6) is 0 Å². The van der Waals surface area contributed by atoms with Gasteiger partial charge in [0.25, 0.3) is 0 Å². The molecule has 0 spiro atoms. The SMILES string of the molecule is CCCNC(C)(C#N)CCCN1CCOC(C)C1. The van der Waals surface area contributed by atoms with Crippen molar-refractivity contribution in [2.24, 2.45) is 0 Å². The summed E-state index contributed by atoms with van der Waals surface area (Å²) in [6.07, 6.45) is 3.39. The van der Waals surface area contributed by atoms with Crippen molar-refractivity contribution in [1.29, 1.82) is 5.26 Å². The van der Waals surface area contributed by atoms with Gasteiger partial charge in [-0.25, -0.2) is 0 Å². The quantitative estimate of drug-likeness (QED) is 0.751. The molecule has 4 heteroatoms. The van der Waals surface area contributed by atoms with Gasteiger partial charge in [0.05, 0.1) is 18.8 Å². The smallest absolute Gasteiger partial charge is 0.103 e. The molecular weight excluding hydrogens is 226 g/mol. The first-order chi connectivity index (χ1) is 8.59. The zero-order chi connectivity index (χ0) is 13.4. The van der Waals surface area contributed by atoms with Crippen molar-refractivity contribution < 1.29 is 4.74 Å². The van der Waals surface area contributed by atoms with Gasteiger partial charge in [-0.3, -0.25) is 10.2 Å². The van der Waals surface area contributed by atoms with Crippen LogP contribution in [0.2, 0.25) is 0 Å². The first-order valence-corrected chi connectivity index (χ1v) is 7.10. The van der Waals surface area contributed by atoms with E-state index in [4.69, 9.17) is 4.74 Å². The molecule has 0 aromatic heterocycles. The molecule has 18 heavy (non-hydrogen) atoms. The van der Waals surface area contributed by atoms with Crippen molar-refractivity contribution in [3.8, 4) is 6.07 Å². The standard InChI is InChI=1S/C14H27N3O/c1-4-7-16-14(3,12-15)6-5-8-17-9-10-18-13(2)11-17/h13,16H,4-11H2,1-3H3. The van der Waals surface area contributed by atoms with Gasteiger partial charge in [0.15, 0.2) is 0 Å². The second-order valence-corrected chi connectivity index (χ2v) is 5.46. The largest absolute Gasteiger partial charge is 0.376 e. The van der Waals surface area contributed by atoms with Gasteiger partial charge in [-0.1, -0.05) is 6.92 Å². The van der Waals surface area contributed by atoms with Crippen molar-refractivity contribution in [1.82, 2.24) is 10.2 Å². The van der Waals surface area contributed by atoms with Crippen LogP contribution in [-0.4, -0.2) is 49.3 Å². The summed E-state index contributed by atoms with van der Waals surface area (Å²) in [5, 5.41) is 12.6. The van der Waals surface area contributed by atoms with Gasteiger partial charge in [-0.15, -0.1) is 0 Å². The molecule has 4 nitrogen and oxygen atoms in total. The fourth-order valence-corrected chi connectivity index (χ4v) is 2.33. The number of morpholine rings is 1. The summed E-state index contributed by atoms with van der Waals surface area (Å²) in [5.74, 6) is 0. The molecule has 1 heterocycles.